The topological polar surface area (TPSA) is 42.5 Å². The van der Waals surface area contributed by atoms with Crippen molar-refractivity contribution in [2.75, 3.05) is 24.9 Å². The smallest absolute Gasteiger partial charge is 0.175 e. The highest BCUT2D eigenvalue weighted by atomic mass is 79.9. The molecule has 0 spiro atoms. The van der Waals surface area contributed by atoms with Gasteiger partial charge < -0.3 is 20.1 Å². The van der Waals surface area contributed by atoms with E-state index in [1.54, 1.807) is 20.3 Å². The first kappa shape index (κ1) is 15.6. The van der Waals surface area contributed by atoms with Gasteiger partial charge in [0.1, 0.15) is 11.5 Å². The number of benzene rings is 2. The molecule has 6 heteroatoms. The van der Waals surface area contributed by atoms with Gasteiger partial charge in [0.2, 0.25) is 0 Å². The Labute approximate surface area is 137 Å². The maximum absolute atomic E-state index is 5.30. The summed E-state index contributed by atoms with van der Waals surface area (Å²) >= 11 is 8.72. The monoisotopic (exact) mass is 366 g/mol. The van der Waals surface area contributed by atoms with Gasteiger partial charge in [-0.1, -0.05) is 22.0 Å². The van der Waals surface area contributed by atoms with Crippen molar-refractivity contribution in [3.63, 3.8) is 0 Å². The van der Waals surface area contributed by atoms with Gasteiger partial charge in [-0.3, -0.25) is 0 Å². The van der Waals surface area contributed by atoms with Crippen molar-refractivity contribution in [2.45, 2.75) is 0 Å². The Bertz CT molecular complexity index is 627. The number of hydrogen-bond acceptors (Lipinski definition) is 3. The summed E-state index contributed by atoms with van der Waals surface area (Å²) in [5, 5.41) is 6.71. The Morgan fingerprint density at radius 2 is 1.57 bits per heavy atom. The molecule has 0 radical (unpaired) electrons. The number of anilines is 2. The van der Waals surface area contributed by atoms with Crippen molar-refractivity contribution < 1.29 is 9.47 Å². The number of hydrogen-bond donors (Lipinski definition) is 2. The number of methoxy groups -OCH3 is 2. The van der Waals surface area contributed by atoms with E-state index < -0.39 is 0 Å². The SMILES string of the molecule is COc1cc(NC(=S)Nc2cccc(Br)c2)cc(OC)c1. The molecule has 0 aromatic heterocycles. The third-order valence-electron chi connectivity index (χ3n) is 2.69. The number of nitrogens with one attached hydrogen (secondary N) is 2. The molecule has 2 aromatic rings. The normalized spacial score (nSPS) is 9.86. The molecule has 4 nitrogen and oxygen atoms in total. The molecule has 0 aliphatic heterocycles. The first-order valence-corrected chi connectivity index (χ1v) is 7.37. The second-order valence-corrected chi connectivity index (χ2v) is 5.51. The predicted octanol–water partition coefficient (Wildman–Crippen LogP) is 4.28. The maximum Gasteiger partial charge on any atom is 0.175 e. The fourth-order valence-electron chi connectivity index (χ4n) is 1.74. The molecule has 2 rings (SSSR count). The fourth-order valence-corrected chi connectivity index (χ4v) is 2.37. The molecule has 110 valence electrons. The summed E-state index contributed by atoms with van der Waals surface area (Å²) < 4.78 is 11.4. The van der Waals surface area contributed by atoms with E-state index in [-0.39, 0.29) is 0 Å². The van der Waals surface area contributed by atoms with E-state index in [1.807, 2.05) is 36.4 Å². The molecule has 0 fully saturated rings. The summed E-state index contributed by atoms with van der Waals surface area (Å²) in [5.41, 5.74) is 1.69. The van der Waals surface area contributed by atoms with Crippen LogP contribution in [0.15, 0.2) is 46.9 Å². The molecule has 21 heavy (non-hydrogen) atoms. The quantitative estimate of drug-likeness (QED) is 0.790. The van der Waals surface area contributed by atoms with Crippen LogP contribution in [0, 0.1) is 0 Å². The minimum absolute atomic E-state index is 0.489. The van der Waals surface area contributed by atoms with Gasteiger partial charge in [0.05, 0.1) is 14.2 Å². The fraction of sp³-hybridized carbons (Fsp3) is 0.133. The van der Waals surface area contributed by atoms with E-state index in [0.717, 1.165) is 15.8 Å². The standard InChI is InChI=1S/C15H15BrN2O2S/c1-19-13-7-12(8-14(9-13)20-2)18-15(21)17-11-5-3-4-10(16)6-11/h3-9H,1-2H3,(H2,17,18,21). The lowest BCUT2D eigenvalue weighted by molar-refractivity contribution is 0.395. The number of thiocarbonyl (C=S) groups is 1. The molecule has 0 atom stereocenters. The van der Waals surface area contributed by atoms with E-state index in [0.29, 0.717) is 16.6 Å². The molecule has 0 amide bonds. The lowest BCUT2D eigenvalue weighted by Crippen LogP contribution is -2.19. The van der Waals surface area contributed by atoms with Crippen LogP contribution in [0.1, 0.15) is 0 Å². The average Bonchev–Trinajstić information content (AvgIpc) is 2.46. The Balaban J connectivity index is 2.08. The predicted molar refractivity (Wildman–Crippen MR) is 93.5 cm³/mol. The lowest BCUT2D eigenvalue weighted by atomic mass is 10.3. The van der Waals surface area contributed by atoms with Gasteiger partial charge in [0.15, 0.2) is 5.11 Å². The first-order valence-electron chi connectivity index (χ1n) is 6.17. The van der Waals surface area contributed by atoms with Gasteiger partial charge >= 0.3 is 0 Å². The summed E-state index contributed by atoms with van der Waals surface area (Å²) in [7, 11) is 3.22. The van der Waals surface area contributed by atoms with Gasteiger partial charge in [-0.2, -0.15) is 0 Å². The Morgan fingerprint density at radius 3 is 2.14 bits per heavy atom. The molecule has 0 aliphatic carbocycles. The highest BCUT2D eigenvalue weighted by Gasteiger charge is 2.04. The van der Waals surface area contributed by atoms with Crippen molar-refractivity contribution in [1.82, 2.24) is 0 Å². The van der Waals surface area contributed by atoms with E-state index >= 15 is 0 Å². The van der Waals surface area contributed by atoms with Crippen LogP contribution in [-0.2, 0) is 0 Å². The maximum atomic E-state index is 5.30. The van der Waals surface area contributed by atoms with Crippen molar-refractivity contribution in [3.8, 4) is 11.5 Å². The van der Waals surface area contributed by atoms with E-state index in [9.17, 15) is 0 Å². The zero-order chi connectivity index (χ0) is 15.2. The van der Waals surface area contributed by atoms with Crippen LogP contribution < -0.4 is 20.1 Å². The van der Waals surface area contributed by atoms with Crippen LogP contribution in [0.3, 0.4) is 0 Å². The van der Waals surface area contributed by atoms with Crippen molar-refractivity contribution >= 4 is 44.6 Å². The van der Waals surface area contributed by atoms with Crippen LogP contribution >= 0.6 is 28.1 Å². The van der Waals surface area contributed by atoms with Crippen LogP contribution in [-0.4, -0.2) is 19.3 Å². The Morgan fingerprint density at radius 1 is 0.952 bits per heavy atom. The Hall–Kier alpha value is -1.79. The average molecular weight is 367 g/mol. The largest absolute Gasteiger partial charge is 0.497 e. The summed E-state index contributed by atoms with van der Waals surface area (Å²) in [6, 6.07) is 13.3. The minimum atomic E-state index is 0.489. The van der Waals surface area contributed by atoms with Crippen molar-refractivity contribution in [3.05, 3.63) is 46.9 Å². The molecular weight excluding hydrogens is 352 g/mol. The van der Waals surface area contributed by atoms with E-state index in [2.05, 4.69) is 26.6 Å². The zero-order valence-corrected chi connectivity index (χ0v) is 14.0. The summed E-state index contributed by atoms with van der Waals surface area (Å²) in [6.07, 6.45) is 0. The van der Waals surface area contributed by atoms with E-state index in [4.69, 9.17) is 21.7 Å². The zero-order valence-electron chi connectivity index (χ0n) is 11.6. The van der Waals surface area contributed by atoms with Gasteiger partial charge in [0.25, 0.3) is 0 Å². The molecule has 0 bridgehead atoms. The minimum Gasteiger partial charge on any atom is -0.497 e. The second kappa shape index (κ2) is 7.28. The van der Waals surface area contributed by atoms with Crippen molar-refractivity contribution in [1.29, 1.82) is 0 Å². The van der Waals surface area contributed by atoms with Crippen molar-refractivity contribution in [2.24, 2.45) is 0 Å². The molecule has 0 saturated heterocycles. The molecule has 2 N–H and O–H groups in total. The molecule has 0 saturated carbocycles. The third kappa shape index (κ3) is 4.61. The number of rotatable bonds is 4. The highest BCUT2D eigenvalue weighted by molar-refractivity contribution is 9.10. The molecule has 0 aliphatic rings. The van der Waals surface area contributed by atoms with Crippen LogP contribution in [0.2, 0.25) is 0 Å². The number of halogens is 1. The van der Waals surface area contributed by atoms with Gasteiger partial charge in [-0.25, -0.2) is 0 Å². The summed E-state index contributed by atoms with van der Waals surface area (Å²) in [4.78, 5) is 0. The van der Waals surface area contributed by atoms with Crippen LogP contribution in [0.25, 0.3) is 0 Å². The van der Waals surface area contributed by atoms with Gasteiger partial charge in [-0.05, 0) is 30.4 Å². The second-order valence-electron chi connectivity index (χ2n) is 4.19. The molecule has 0 unspecified atom stereocenters. The summed E-state index contributed by atoms with van der Waals surface area (Å²) in [5.74, 6) is 1.39. The molecule has 0 heterocycles. The molecular formula is C15H15BrN2O2S. The molecule has 2 aromatic carbocycles. The third-order valence-corrected chi connectivity index (χ3v) is 3.39. The lowest BCUT2D eigenvalue weighted by Gasteiger charge is -2.13. The Kier molecular flexibility index (Phi) is 5.41. The van der Waals surface area contributed by atoms with Crippen LogP contribution in [0.5, 0.6) is 11.5 Å². The van der Waals surface area contributed by atoms with Crippen LogP contribution in [0.4, 0.5) is 11.4 Å². The highest BCUT2D eigenvalue weighted by Crippen LogP contribution is 2.26. The number of ether oxygens (including phenoxy) is 2. The first-order chi connectivity index (χ1) is 10.1. The van der Waals surface area contributed by atoms with Gasteiger partial charge in [0, 0.05) is 34.0 Å². The van der Waals surface area contributed by atoms with Gasteiger partial charge in [-0.15, -0.1) is 0 Å². The summed E-state index contributed by atoms with van der Waals surface area (Å²) in [6.45, 7) is 0. The van der Waals surface area contributed by atoms with E-state index in [1.165, 1.54) is 0 Å².